The molecule has 1 atom stereocenters. The van der Waals surface area contributed by atoms with Crippen molar-refractivity contribution in [2.45, 2.75) is 46.1 Å². The number of nitrogens with two attached hydrogens (primary N) is 1. The highest BCUT2D eigenvalue weighted by Crippen LogP contribution is 2.19. The van der Waals surface area contributed by atoms with Crippen LogP contribution in [0.5, 0.6) is 0 Å². The third kappa shape index (κ3) is 4.38. The molecule has 1 aromatic rings. The molecule has 4 nitrogen and oxygen atoms in total. The van der Waals surface area contributed by atoms with Crippen molar-refractivity contribution in [2.24, 2.45) is 11.7 Å². The number of carbonyl (C=O) groups is 1. The van der Waals surface area contributed by atoms with Gasteiger partial charge in [-0.1, -0.05) is 27.7 Å². The number of amides is 1. The zero-order chi connectivity index (χ0) is 13.7. The molecule has 1 aromatic heterocycles. The summed E-state index contributed by atoms with van der Waals surface area (Å²) in [6, 6.07) is 0.0294. The first-order chi connectivity index (χ1) is 8.43. The Morgan fingerprint density at radius 1 is 1.44 bits per heavy atom. The van der Waals surface area contributed by atoms with Crippen LogP contribution in [0, 0.1) is 5.92 Å². The number of hydrogen-bond acceptors (Lipinski definition) is 4. The van der Waals surface area contributed by atoms with Crippen LogP contribution in [0.1, 0.15) is 55.5 Å². The summed E-state index contributed by atoms with van der Waals surface area (Å²) in [5, 5.41) is 5.75. The Labute approximate surface area is 113 Å². The number of nitrogens with one attached hydrogen (secondary N) is 1. The van der Waals surface area contributed by atoms with Crippen molar-refractivity contribution in [1.82, 2.24) is 10.3 Å². The standard InChI is InChI=1S/C13H23N3OS/c1-8(2)5-10(6-14)15-12(17)11-7-18-13(16-11)9(3)4/h7-10H,5-6,14H2,1-4H3,(H,15,17). The van der Waals surface area contributed by atoms with Crippen LogP contribution in [0.15, 0.2) is 5.38 Å². The number of nitrogens with zero attached hydrogens (tertiary/aromatic N) is 1. The van der Waals surface area contributed by atoms with Crippen LogP contribution >= 0.6 is 11.3 Å². The highest BCUT2D eigenvalue weighted by Gasteiger charge is 2.16. The molecule has 0 aliphatic heterocycles. The molecule has 0 bridgehead atoms. The predicted octanol–water partition coefficient (Wildman–Crippen LogP) is 2.37. The second-order valence-corrected chi connectivity index (χ2v) is 6.15. The van der Waals surface area contributed by atoms with Crippen molar-refractivity contribution in [3.63, 3.8) is 0 Å². The Kier molecular flexibility index (Phi) is 5.75. The zero-order valence-electron chi connectivity index (χ0n) is 11.6. The summed E-state index contributed by atoms with van der Waals surface area (Å²) in [5.41, 5.74) is 6.17. The molecule has 1 amide bonds. The number of hydrogen-bond donors (Lipinski definition) is 2. The number of thiazole rings is 1. The molecule has 5 heteroatoms. The van der Waals surface area contributed by atoms with Crippen LogP contribution in [0.3, 0.4) is 0 Å². The SMILES string of the molecule is CC(C)CC(CN)NC(=O)c1csc(C(C)C)n1. The van der Waals surface area contributed by atoms with Gasteiger partial charge in [-0.15, -0.1) is 11.3 Å². The summed E-state index contributed by atoms with van der Waals surface area (Å²) < 4.78 is 0. The third-order valence-corrected chi connectivity index (χ3v) is 3.77. The van der Waals surface area contributed by atoms with Gasteiger partial charge < -0.3 is 11.1 Å². The number of aromatic nitrogens is 1. The quantitative estimate of drug-likeness (QED) is 0.833. The molecule has 0 aromatic carbocycles. The van der Waals surface area contributed by atoms with Crippen molar-refractivity contribution in [1.29, 1.82) is 0 Å². The summed E-state index contributed by atoms with van der Waals surface area (Å²) in [4.78, 5) is 16.4. The second kappa shape index (κ2) is 6.85. The van der Waals surface area contributed by atoms with E-state index in [9.17, 15) is 4.79 Å². The van der Waals surface area contributed by atoms with E-state index < -0.39 is 0 Å². The maximum Gasteiger partial charge on any atom is 0.271 e. The van der Waals surface area contributed by atoms with Crippen LogP contribution in [0.25, 0.3) is 0 Å². The van der Waals surface area contributed by atoms with Crippen molar-refractivity contribution in [3.8, 4) is 0 Å². The average Bonchev–Trinajstić information content (AvgIpc) is 2.76. The molecular weight excluding hydrogens is 246 g/mol. The van der Waals surface area contributed by atoms with Gasteiger partial charge in [0.05, 0.1) is 5.01 Å². The van der Waals surface area contributed by atoms with Crippen LogP contribution in [0.2, 0.25) is 0 Å². The number of rotatable bonds is 6. The van der Waals surface area contributed by atoms with Crippen molar-refractivity contribution < 1.29 is 4.79 Å². The first-order valence-electron chi connectivity index (χ1n) is 6.40. The van der Waals surface area contributed by atoms with E-state index in [0.717, 1.165) is 11.4 Å². The highest BCUT2D eigenvalue weighted by molar-refractivity contribution is 7.09. The van der Waals surface area contributed by atoms with Crippen LogP contribution in [0.4, 0.5) is 0 Å². The van der Waals surface area contributed by atoms with Gasteiger partial charge in [-0.05, 0) is 12.3 Å². The Balaban J connectivity index is 2.62. The first kappa shape index (κ1) is 15.1. The summed E-state index contributed by atoms with van der Waals surface area (Å²) in [5.74, 6) is 0.757. The normalized spacial score (nSPS) is 13.1. The first-order valence-corrected chi connectivity index (χ1v) is 7.28. The van der Waals surface area contributed by atoms with Gasteiger partial charge in [0.15, 0.2) is 0 Å². The number of carbonyl (C=O) groups excluding carboxylic acids is 1. The van der Waals surface area contributed by atoms with E-state index in [1.165, 1.54) is 11.3 Å². The van der Waals surface area contributed by atoms with Gasteiger partial charge in [-0.25, -0.2) is 4.98 Å². The molecule has 0 radical (unpaired) electrons. The van der Waals surface area contributed by atoms with Gasteiger partial charge in [0.2, 0.25) is 0 Å². The Hall–Kier alpha value is -0.940. The minimum Gasteiger partial charge on any atom is -0.347 e. The van der Waals surface area contributed by atoms with Gasteiger partial charge in [-0.2, -0.15) is 0 Å². The highest BCUT2D eigenvalue weighted by atomic mass is 32.1. The fourth-order valence-electron chi connectivity index (χ4n) is 1.70. The second-order valence-electron chi connectivity index (χ2n) is 5.26. The molecule has 3 N–H and O–H groups in total. The molecule has 0 aliphatic carbocycles. The molecule has 0 aliphatic rings. The topological polar surface area (TPSA) is 68.0 Å². The summed E-state index contributed by atoms with van der Waals surface area (Å²) in [6.07, 6.45) is 0.892. The molecule has 1 rings (SSSR count). The minimum atomic E-state index is -0.116. The average molecular weight is 269 g/mol. The lowest BCUT2D eigenvalue weighted by molar-refractivity contribution is 0.0929. The fourth-order valence-corrected chi connectivity index (χ4v) is 2.51. The lowest BCUT2D eigenvalue weighted by Gasteiger charge is -2.18. The maximum absolute atomic E-state index is 12.0. The summed E-state index contributed by atoms with van der Waals surface area (Å²) in [7, 11) is 0. The molecule has 0 fully saturated rings. The zero-order valence-corrected chi connectivity index (χ0v) is 12.4. The van der Waals surface area contributed by atoms with Gasteiger partial charge in [0.1, 0.15) is 5.69 Å². The smallest absolute Gasteiger partial charge is 0.271 e. The summed E-state index contributed by atoms with van der Waals surface area (Å²) >= 11 is 1.53. The van der Waals surface area contributed by atoms with E-state index >= 15 is 0 Å². The van der Waals surface area contributed by atoms with E-state index in [4.69, 9.17) is 5.73 Å². The molecule has 102 valence electrons. The molecule has 1 unspecified atom stereocenters. The van der Waals surface area contributed by atoms with Crippen LogP contribution in [-0.2, 0) is 0 Å². The molecule has 18 heavy (non-hydrogen) atoms. The fraction of sp³-hybridized carbons (Fsp3) is 0.692. The van der Waals surface area contributed by atoms with Gasteiger partial charge in [0.25, 0.3) is 5.91 Å². The van der Waals surface area contributed by atoms with Gasteiger partial charge in [-0.3, -0.25) is 4.79 Å². The Morgan fingerprint density at radius 3 is 2.56 bits per heavy atom. The Morgan fingerprint density at radius 2 is 2.11 bits per heavy atom. The summed E-state index contributed by atoms with van der Waals surface area (Å²) in [6.45, 7) is 8.85. The Bertz CT molecular complexity index is 387. The minimum absolute atomic E-state index is 0.0294. The molecule has 0 spiro atoms. The predicted molar refractivity (Wildman–Crippen MR) is 76.0 cm³/mol. The van der Waals surface area contributed by atoms with Crippen LogP contribution < -0.4 is 11.1 Å². The van der Waals surface area contributed by atoms with E-state index in [2.05, 4.69) is 38.0 Å². The largest absolute Gasteiger partial charge is 0.347 e. The monoisotopic (exact) mass is 269 g/mol. The van der Waals surface area contributed by atoms with Gasteiger partial charge >= 0.3 is 0 Å². The van der Waals surface area contributed by atoms with E-state index in [0.29, 0.717) is 24.1 Å². The molecule has 0 saturated heterocycles. The molecule has 1 heterocycles. The molecule has 0 saturated carbocycles. The van der Waals surface area contributed by atoms with Crippen molar-refractivity contribution in [2.75, 3.05) is 6.54 Å². The lowest BCUT2D eigenvalue weighted by Crippen LogP contribution is -2.41. The van der Waals surface area contributed by atoms with E-state index in [1.807, 2.05) is 5.38 Å². The van der Waals surface area contributed by atoms with E-state index in [-0.39, 0.29) is 11.9 Å². The van der Waals surface area contributed by atoms with E-state index in [1.54, 1.807) is 0 Å². The third-order valence-electron chi connectivity index (χ3n) is 2.62. The van der Waals surface area contributed by atoms with Crippen molar-refractivity contribution in [3.05, 3.63) is 16.1 Å². The van der Waals surface area contributed by atoms with Crippen molar-refractivity contribution >= 4 is 17.2 Å². The maximum atomic E-state index is 12.0. The van der Waals surface area contributed by atoms with Crippen LogP contribution in [-0.4, -0.2) is 23.5 Å². The van der Waals surface area contributed by atoms with Gasteiger partial charge in [0, 0.05) is 23.9 Å². The molecular formula is C13H23N3OS. The lowest BCUT2D eigenvalue weighted by atomic mass is 10.0.